The average Bonchev–Trinajstić information content (AvgIpc) is 2.55. The van der Waals surface area contributed by atoms with Crippen molar-refractivity contribution in [2.24, 2.45) is 0 Å². The predicted octanol–water partition coefficient (Wildman–Crippen LogP) is 3.79. The number of hydrogen-bond donors (Lipinski definition) is 0. The Kier molecular flexibility index (Phi) is 3.91. The first-order valence-electron chi connectivity index (χ1n) is 7.24. The number of methoxy groups -OCH3 is 1. The molecule has 3 nitrogen and oxygen atoms in total. The minimum Gasteiger partial charge on any atom is -0.497 e. The van der Waals surface area contributed by atoms with Crippen LogP contribution in [0.2, 0.25) is 0 Å². The average molecular weight is 282 g/mol. The van der Waals surface area contributed by atoms with E-state index in [0.29, 0.717) is 11.3 Å². The zero-order valence-corrected chi connectivity index (χ0v) is 12.1. The minimum absolute atomic E-state index is 0.339. The van der Waals surface area contributed by atoms with E-state index in [2.05, 4.69) is 6.07 Å². The number of esters is 1. The van der Waals surface area contributed by atoms with E-state index in [-0.39, 0.29) is 5.97 Å². The number of carbonyl (C=O) groups is 1. The molecule has 0 radical (unpaired) electrons. The quantitative estimate of drug-likeness (QED) is 0.634. The Bertz CT molecular complexity index is 644. The molecule has 0 atom stereocenters. The van der Waals surface area contributed by atoms with Gasteiger partial charge in [-0.15, -0.1) is 0 Å². The maximum Gasteiger partial charge on any atom is 0.343 e. The monoisotopic (exact) mass is 282 g/mol. The van der Waals surface area contributed by atoms with Crippen LogP contribution in [0.15, 0.2) is 42.5 Å². The second kappa shape index (κ2) is 6.00. The molecule has 0 amide bonds. The molecule has 0 bridgehead atoms. The first-order chi connectivity index (χ1) is 10.3. The fourth-order valence-corrected chi connectivity index (χ4v) is 2.67. The van der Waals surface area contributed by atoms with Crippen molar-refractivity contribution < 1.29 is 14.3 Å². The van der Waals surface area contributed by atoms with Crippen molar-refractivity contribution in [2.45, 2.75) is 25.7 Å². The Balaban J connectivity index is 1.74. The molecule has 0 unspecified atom stereocenters. The zero-order valence-electron chi connectivity index (χ0n) is 12.1. The minimum atomic E-state index is -0.339. The van der Waals surface area contributed by atoms with E-state index < -0.39 is 0 Å². The summed E-state index contributed by atoms with van der Waals surface area (Å²) in [7, 11) is 1.60. The number of ether oxygens (including phenoxy) is 2. The molecule has 1 aliphatic rings. The smallest absolute Gasteiger partial charge is 0.343 e. The SMILES string of the molecule is COc1ccc(C(=O)Oc2ccc3c(c2)CCCC3)cc1. The van der Waals surface area contributed by atoms with Gasteiger partial charge < -0.3 is 9.47 Å². The molecule has 0 N–H and O–H groups in total. The Morgan fingerprint density at radius 1 is 0.905 bits per heavy atom. The summed E-state index contributed by atoms with van der Waals surface area (Å²) in [6.07, 6.45) is 4.66. The van der Waals surface area contributed by atoms with E-state index in [0.717, 1.165) is 18.6 Å². The Hall–Kier alpha value is -2.29. The molecule has 3 heteroatoms. The van der Waals surface area contributed by atoms with E-state index in [1.165, 1.54) is 24.0 Å². The molecule has 0 fully saturated rings. The Morgan fingerprint density at radius 2 is 1.57 bits per heavy atom. The van der Waals surface area contributed by atoms with Gasteiger partial charge >= 0.3 is 5.97 Å². The highest BCUT2D eigenvalue weighted by molar-refractivity contribution is 5.91. The van der Waals surface area contributed by atoms with Crippen LogP contribution in [0.4, 0.5) is 0 Å². The van der Waals surface area contributed by atoms with Gasteiger partial charge in [0.15, 0.2) is 0 Å². The molecule has 0 spiro atoms. The molecular formula is C18H18O3. The second-order valence-corrected chi connectivity index (χ2v) is 5.26. The molecule has 0 aliphatic heterocycles. The van der Waals surface area contributed by atoms with Gasteiger partial charge in [-0.2, -0.15) is 0 Å². The molecule has 0 heterocycles. The van der Waals surface area contributed by atoms with Crippen LogP contribution in [0.3, 0.4) is 0 Å². The summed E-state index contributed by atoms with van der Waals surface area (Å²) in [5.41, 5.74) is 3.21. The summed E-state index contributed by atoms with van der Waals surface area (Å²) in [6, 6.07) is 12.9. The van der Waals surface area contributed by atoms with Crippen molar-refractivity contribution in [1.82, 2.24) is 0 Å². The highest BCUT2D eigenvalue weighted by Gasteiger charge is 2.13. The first kappa shape index (κ1) is 13.7. The summed E-state index contributed by atoms with van der Waals surface area (Å²) in [4.78, 5) is 12.1. The maximum atomic E-state index is 12.1. The standard InChI is InChI=1S/C18H18O3/c1-20-16-9-7-14(8-10-16)18(19)21-17-11-6-13-4-2-3-5-15(13)12-17/h6-12H,2-5H2,1H3. The highest BCUT2D eigenvalue weighted by atomic mass is 16.5. The van der Waals surface area contributed by atoms with E-state index in [4.69, 9.17) is 9.47 Å². The summed E-state index contributed by atoms with van der Waals surface area (Å²) in [5, 5.41) is 0. The summed E-state index contributed by atoms with van der Waals surface area (Å²) >= 11 is 0. The topological polar surface area (TPSA) is 35.5 Å². The van der Waals surface area contributed by atoms with Gasteiger partial charge in [-0.1, -0.05) is 6.07 Å². The Labute approximate surface area is 124 Å². The predicted molar refractivity (Wildman–Crippen MR) is 81.0 cm³/mol. The lowest BCUT2D eigenvalue weighted by atomic mass is 9.92. The lowest BCUT2D eigenvalue weighted by molar-refractivity contribution is 0.0734. The van der Waals surface area contributed by atoms with Crippen LogP contribution in [0, 0.1) is 0 Å². The molecule has 0 aromatic heterocycles. The second-order valence-electron chi connectivity index (χ2n) is 5.26. The van der Waals surface area contributed by atoms with Gasteiger partial charge in [0.1, 0.15) is 11.5 Å². The van der Waals surface area contributed by atoms with Gasteiger partial charge in [0.25, 0.3) is 0 Å². The van der Waals surface area contributed by atoms with Crippen molar-refractivity contribution in [2.75, 3.05) is 7.11 Å². The van der Waals surface area contributed by atoms with Gasteiger partial charge in [-0.25, -0.2) is 4.79 Å². The van der Waals surface area contributed by atoms with Crippen LogP contribution in [-0.2, 0) is 12.8 Å². The molecule has 1 aliphatic carbocycles. The fourth-order valence-electron chi connectivity index (χ4n) is 2.67. The molecule has 2 aromatic carbocycles. The molecule has 3 rings (SSSR count). The van der Waals surface area contributed by atoms with Crippen molar-refractivity contribution in [1.29, 1.82) is 0 Å². The van der Waals surface area contributed by atoms with Crippen LogP contribution in [0.25, 0.3) is 0 Å². The third kappa shape index (κ3) is 3.07. The number of rotatable bonds is 3. The van der Waals surface area contributed by atoms with Crippen LogP contribution < -0.4 is 9.47 Å². The maximum absolute atomic E-state index is 12.1. The molecule has 108 valence electrons. The van der Waals surface area contributed by atoms with Crippen LogP contribution in [-0.4, -0.2) is 13.1 Å². The zero-order chi connectivity index (χ0) is 14.7. The van der Waals surface area contributed by atoms with Gasteiger partial charge in [0, 0.05) is 0 Å². The first-order valence-corrected chi connectivity index (χ1v) is 7.24. The number of carbonyl (C=O) groups excluding carboxylic acids is 1. The van der Waals surface area contributed by atoms with Crippen molar-refractivity contribution >= 4 is 5.97 Å². The van der Waals surface area contributed by atoms with Gasteiger partial charge in [0.2, 0.25) is 0 Å². The third-order valence-electron chi connectivity index (χ3n) is 3.86. The van der Waals surface area contributed by atoms with Crippen LogP contribution >= 0.6 is 0 Å². The lowest BCUT2D eigenvalue weighted by Crippen LogP contribution is -2.09. The number of fused-ring (bicyclic) bond motifs is 1. The summed E-state index contributed by atoms with van der Waals surface area (Å²) in [5.74, 6) is 1.00. The molecule has 21 heavy (non-hydrogen) atoms. The third-order valence-corrected chi connectivity index (χ3v) is 3.86. The van der Waals surface area contributed by atoms with Crippen molar-refractivity contribution in [3.63, 3.8) is 0 Å². The van der Waals surface area contributed by atoms with E-state index in [9.17, 15) is 4.79 Å². The van der Waals surface area contributed by atoms with Crippen LogP contribution in [0.1, 0.15) is 34.3 Å². The van der Waals surface area contributed by atoms with Crippen molar-refractivity contribution in [3.05, 3.63) is 59.2 Å². The van der Waals surface area contributed by atoms with Gasteiger partial charge in [-0.05, 0) is 73.2 Å². The van der Waals surface area contributed by atoms with E-state index >= 15 is 0 Å². The molecule has 0 saturated carbocycles. The van der Waals surface area contributed by atoms with E-state index in [1.807, 2.05) is 12.1 Å². The Morgan fingerprint density at radius 3 is 2.29 bits per heavy atom. The van der Waals surface area contributed by atoms with Crippen molar-refractivity contribution in [3.8, 4) is 11.5 Å². The summed E-state index contributed by atoms with van der Waals surface area (Å²) in [6.45, 7) is 0. The normalized spacial score (nSPS) is 13.4. The van der Waals surface area contributed by atoms with E-state index in [1.54, 1.807) is 31.4 Å². The largest absolute Gasteiger partial charge is 0.497 e. The highest BCUT2D eigenvalue weighted by Crippen LogP contribution is 2.26. The number of hydrogen-bond acceptors (Lipinski definition) is 3. The number of benzene rings is 2. The summed E-state index contributed by atoms with van der Waals surface area (Å²) < 4.78 is 10.5. The fraction of sp³-hybridized carbons (Fsp3) is 0.278. The molecule has 0 saturated heterocycles. The molecule has 2 aromatic rings. The molecular weight excluding hydrogens is 264 g/mol. The van der Waals surface area contributed by atoms with Gasteiger partial charge in [0.05, 0.1) is 12.7 Å². The van der Waals surface area contributed by atoms with Crippen LogP contribution in [0.5, 0.6) is 11.5 Å². The van der Waals surface area contributed by atoms with Gasteiger partial charge in [-0.3, -0.25) is 0 Å². The lowest BCUT2D eigenvalue weighted by Gasteiger charge is -2.16. The number of aryl methyl sites for hydroxylation is 2.